The number of hydrogen-bond donors (Lipinski definition) is 3. The van der Waals surface area contributed by atoms with E-state index in [1.807, 2.05) is 13.8 Å². The summed E-state index contributed by atoms with van der Waals surface area (Å²) in [5.74, 6) is 0. The van der Waals surface area contributed by atoms with Crippen LogP contribution in [0.3, 0.4) is 0 Å². The van der Waals surface area contributed by atoms with Crippen LogP contribution >= 0.6 is 12.4 Å². The highest BCUT2D eigenvalue weighted by molar-refractivity contribution is 5.85. The molecule has 1 aliphatic heterocycles. The van der Waals surface area contributed by atoms with Crippen LogP contribution in [0.1, 0.15) is 13.8 Å². The average molecular weight is 196 g/mol. The highest BCUT2D eigenvalue weighted by atomic mass is 35.5. The van der Waals surface area contributed by atoms with E-state index in [0.29, 0.717) is 0 Å². The summed E-state index contributed by atoms with van der Waals surface area (Å²) in [6.07, 6.45) is 0. The van der Waals surface area contributed by atoms with Crippen molar-refractivity contribution < 1.29 is 10.2 Å². The Balaban J connectivity index is 0.00000121. The van der Waals surface area contributed by atoms with Gasteiger partial charge < -0.3 is 15.5 Å². The lowest BCUT2D eigenvalue weighted by molar-refractivity contribution is 0.00976. The second kappa shape index (κ2) is 3.92. The van der Waals surface area contributed by atoms with E-state index in [9.17, 15) is 0 Å². The number of nitrogens with one attached hydrogen (secondary N) is 1. The molecule has 12 heavy (non-hydrogen) atoms. The zero-order valence-electron chi connectivity index (χ0n) is 7.63. The summed E-state index contributed by atoms with van der Waals surface area (Å²) < 4.78 is 0. The summed E-state index contributed by atoms with van der Waals surface area (Å²) in [6, 6.07) is 0. The monoisotopic (exact) mass is 195 g/mol. The molecule has 0 aromatic carbocycles. The molecule has 1 fully saturated rings. The Morgan fingerprint density at radius 3 is 1.67 bits per heavy atom. The summed E-state index contributed by atoms with van der Waals surface area (Å²) in [4.78, 5) is 0. The first-order valence-corrected chi connectivity index (χ1v) is 4.00. The molecule has 0 amide bonds. The normalized spacial score (nSPS) is 41.0. The van der Waals surface area contributed by atoms with Crippen molar-refractivity contribution in [3.05, 3.63) is 0 Å². The summed E-state index contributed by atoms with van der Waals surface area (Å²) in [5.41, 5.74) is -0.330. The zero-order chi connectivity index (χ0) is 8.54. The van der Waals surface area contributed by atoms with Gasteiger partial charge in [0.15, 0.2) is 0 Å². The van der Waals surface area contributed by atoms with Crippen molar-refractivity contribution in [2.24, 2.45) is 10.8 Å². The fraction of sp³-hybridized carbons (Fsp3) is 1.00. The van der Waals surface area contributed by atoms with E-state index in [0.717, 1.165) is 13.1 Å². The Bertz CT molecular complexity index is 140. The van der Waals surface area contributed by atoms with Gasteiger partial charge in [0.2, 0.25) is 0 Å². The van der Waals surface area contributed by atoms with Crippen LogP contribution in [0.25, 0.3) is 0 Å². The number of halogens is 1. The van der Waals surface area contributed by atoms with Crippen molar-refractivity contribution in [3.8, 4) is 0 Å². The first kappa shape index (κ1) is 12.2. The Kier molecular flexibility index (Phi) is 3.97. The van der Waals surface area contributed by atoms with Gasteiger partial charge in [-0.15, -0.1) is 12.4 Å². The molecule has 74 valence electrons. The largest absolute Gasteiger partial charge is 0.396 e. The second-order valence-corrected chi connectivity index (χ2v) is 4.04. The molecule has 0 aromatic rings. The molecule has 1 aliphatic rings. The van der Waals surface area contributed by atoms with Crippen molar-refractivity contribution in [2.75, 3.05) is 26.3 Å². The molecule has 0 aliphatic carbocycles. The molecule has 0 radical (unpaired) electrons. The molecular weight excluding hydrogens is 178 g/mol. The maximum atomic E-state index is 9.14. The van der Waals surface area contributed by atoms with Gasteiger partial charge in [-0.1, -0.05) is 13.8 Å². The van der Waals surface area contributed by atoms with E-state index in [4.69, 9.17) is 10.2 Å². The van der Waals surface area contributed by atoms with E-state index >= 15 is 0 Å². The Morgan fingerprint density at radius 2 is 1.42 bits per heavy atom. The van der Waals surface area contributed by atoms with Crippen LogP contribution in [0.2, 0.25) is 0 Å². The van der Waals surface area contributed by atoms with E-state index < -0.39 is 0 Å². The first-order chi connectivity index (χ1) is 5.08. The molecule has 2 atom stereocenters. The maximum absolute atomic E-state index is 9.14. The summed E-state index contributed by atoms with van der Waals surface area (Å²) >= 11 is 0. The standard InChI is InChI=1S/C8H17NO2.ClH/c1-7(5-10)3-9-4-8(7,2)6-11;/h9-11H,3-6H2,1-2H3;1H/t7-,8+;. The third-order valence-electron chi connectivity index (χ3n) is 3.19. The lowest BCUT2D eigenvalue weighted by Crippen LogP contribution is -2.41. The molecule has 3 N–H and O–H groups in total. The zero-order valence-corrected chi connectivity index (χ0v) is 8.45. The predicted octanol–water partition coefficient (Wildman–Crippen LogP) is 0.00860. The molecule has 1 rings (SSSR count). The van der Waals surface area contributed by atoms with Gasteiger partial charge >= 0.3 is 0 Å². The van der Waals surface area contributed by atoms with E-state index in [1.165, 1.54) is 0 Å². The van der Waals surface area contributed by atoms with E-state index in [1.54, 1.807) is 0 Å². The van der Waals surface area contributed by atoms with Gasteiger partial charge in [-0.3, -0.25) is 0 Å². The Labute approximate surface area is 79.6 Å². The van der Waals surface area contributed by atoms with Crippen LogP contribution in [0, 0.1) is 10.8 Å². The third-order valence-corrected chi connectivity index (χ3v) is 3.19. The van der Waals surface area contributed by atoms with Gasteiger partial charge in [-0.25, -0.2) is 0 Å². The molecule has 0 bridgehead atoms. The minimum Gasteiger partial charge on any atom is -0.396 e. The van der Waals surface area contributed by atoms with Crippen LogP contribution in [0.4, 0.5) is 0 Å². The third kappa shape index (κ3) is 1.59. The van der Waals surface area contributed by atoms with Crippen molar-refractivity contribution in [3.63, 3.8) is 0 Å². The maximum Gasteiger partial charge on any atom is 0.0503 e. The van der Waals surface area contributed by atoms with Crippen LogP contribution in [-0.4, -0.2) is 36.5 Å². The fourth-order valence-corrected chi connectivity index (χ4v) is 1.53. The van der Waals surface area contributed by atoms with Gasteiger partial charge in [0.05, 0.1) is 13.2 Å². The Morgan fingerprint density at radius 1 is 1.08 bits per heavy atom. The topological polar surface area (TPSA) is 52.5 Å². The molecule has 0 aromatic heterocycles. The number of aliphatic hydroxyl groups is 2. The fourth-order valence-electron chi connectivity index (χ4n) is 1.53. The minimum absolute atomic E-state index is 0. The number of hydrogen-bond acceptors (Lipinski definition) is 3. The quantitative estimate of drug-likeness (QED) is 0.582. The predicted molar refractivity (Wildman–Crippen MR) is 50.5 cm³/mol. The van der Waals surface area contributed by atoms with Crippen LogP contribution < -0.4 is 5.32 Å². The highest BCUT2D eigenvalue weighted by Crippen LogP contribution is 2.41. The number of aliphatic hydroxyl groups excluding tert-OH is 2. The molecule has 0 unspecified atom stereocenters. The summed E-state index contributed by atoms with van der Waals surface area (Å²) in [5, 5.41) is 21.5. The Hall–Kier alpha value is 0.170. The molecular formula is C8H18ClNO2. The smallest absolute Gasteiger partial charge is 0.0503 e. The summed E-state index contributed by atoms with van der Waals surface area (Å²) in [7, 11) is 0. The molecule has 4 heteroatoms. The molecule has 3 nitrogen and oxygen atoms in total. The van der Waals surface area contributed by atoms with E-state index in [-0.39, 0.29) is 36.5 Å². The van der Waals surface area contributed by atoms with Crippen molar-refractivity contribution in [2.45, 2.75) is 13.8 Å². The van der Waals surface area contributed by atoms with Crippen LogP contribution in [0.15, 0.2) is 0 Å². The molecule has 0 spiro atoms. The van der Waals surface area contributed by atoms with Gasteiger partial charge in [0.1, 0.15) is 0 Å². The molecule has 1 saturated heterocycles. The highest BCUT2D eigenvalue weighted by Gasteiger charge is 2.47. The SMILES string of the molecule is C[C@]1(CO)CNC[C@@]1(C)CO.Cl. The van der Waals surface area contributed by atoms with Gasteiger partial charge in [0, 0.05) is 23.9 Å². The molecule has 0 saturated carbocycles. The van der Waals surface area contributed by atoms with E-state index in [2.05, 4.69) is 5.32 Å². The second-order valence-electron chi connectivity index (χ2n) is 4.04. The van der Waals surface area contributed by atoms with Crippen molar-refractivity contribution in [1.82, 2.24) is 5.32 Å². The average Bonchev–Trinajstić information content (AvgIpc) is 2.31. The van der Waals surface area contributed by atoms with Gasteiger partial charge in [0.25, 0.3) is 0 Å². The first-order valence-electron chi connectivity index (χ1n) is 4.00. The van der Waals surface area contributed by atoms with Crippen LogP contribution in [-0.2, 0) is 0 Å². The molecule has 1 heterocycles. The van der Waals surface area contributed by atoms with Crippen molar-refractivity contribution in [1.29, 1.82) is 0 Å². The van der Waals surface area contributed by atoms with Gasteiger partial charge in [-0.2, -0.15) is 0 Å². The van der Waals surface area contributed by atoms with Gasteiger partial charge in [-0.05, 0) is 0 Å². The lowest BCUT2D eigenvalue weighted by atomic mass is 9.69. The minimum atomic E-state index is -0.165. The van der Waals surface area contributed by atoms with Crippen molar-refractivity contribution >= 4 is 12.4 Å². The van der Waals surface area contributed by atoms with Crippen LogP contribution in [0.5, 0.6) is 0 Å². The summed E-state index contributed by atoms with van der Waals surface area (Å²) in [6.45, 7) is 5.86. The number of rotatable bonds is 2. The lowest BCUT2D eigenvalue weighted by Gasteiger charge is -2.37.